The van der Waals surface area contributed by atoms with Crippen molar-refractivity contribution in [3.63, 3.8) is 0 Å². The van der Waals surface area contributed by atoms with Crippen LogP contribution in [0, 0.1) is 5.82 Å². The molecule has 0 saturated carbocycles. The number of fused-ring (bicyclic) bond motifs is 1. The normalized spacial score (nSPS) is 11.0. The van der Waals surface area contributed by atoms with Gasteiger partial charge in [-0.3, -0.25) is 9.36 Å². The van der Waals surface area contributed by atoms with Crippen molar-refractivity contribution in [2.75, 3.05) is 19.0 Å². The molecule has 4 rings (SSSR count). The monoisotopic (exact) mass is 375 g/mol. The van der Waals surface area contributed by atoms with Crippen molar-refractivity contribution in [3.8, 4) is 11.1 Å². The van der Waals surface area contributed by atoms with E-state index in [1.807, 2.05) is 37.2 Å². The summed E-state index contributed by atoms with van der Waals surface area (Å²) in [6, 6.07) is 12.1. The minimum absolute atomic E-state index is 0.0993. The molecule has 0 atom stereocenters. The number of hydrogen-bond donors (Lipinski definition) is 0. The van der Waals surface area contributed by atoms with Gasteiger partial charge in [0.15, 0.2) is 5.65 Å². The van der Waals surface area contributed by atoms with E-state index >= 15 is 0 Å². The quantitative estimate of drug-likeness (QED) is 0.548. The van der Waals surface area contributed by atoms with Crippen molar-refractivity contribution in [3.05, 3.63) is 82.9 Å². The molecule has 3 heterocycles. The first-order chi connectivity index (χ1) is 13.5. The summed E-state index contributed by atoms with van der Waals surface area (Å²) in [5.74, 6) is 0.420. The molecule has 28 heavy (non-hydrogen) atoms. The summed E-state index contributed by atoms with van der Waals surface area (Å²) < 4.78 is 16.1. The van der Waals surface area contributed by atoms with E-state index < -0.39 is 0 Å². The standard InChI is InChI=1S/C21H18FN5O/c1-26(2)19-11-15(7-9-23-19)14-5-6-16(18(22)10-14)12-27-13-25-20-17(21(27)28)4-3-8-24-20/h3-11,13H,12H2,1-2H3. The van der Waals surface area contributed by atoms with Crippen molar-refractivity contribution in [1.82, 2.24) is 19.5 Å². The number of halogens is 1. The number of pyridine rings is 2. The lowest BCUT2D eigenvalue weighted by atomic mass is 10.0. The van der Waals surface area contributed by atoms with E-state index in [0.29, 0.717) is 16.6 Å². The number of benzene rings is 1. The SMILES string of the molecule is CN(C)c1cc(-c2ccc(Cn3cnc4ncccc4c3=O)c(F)c2)ccn1. The molecule has 6 nitrogen and oxygen atoms in total. The predicted molar refractivity (Wildman–Crippen MR) is 107 cm³/mol. The highest BCUT2D eigenvalue weighted by Crippen LogP contribution is 2.24. The van der Waals surface area contributed by atoms with E-state index in [9.17, 15) is 9.18 Å². The molecular weight excluding hydrogens is 357 g/mol. The lowest BCUT2D eigenvalue weighted by molar-refractivity contribution is 0.595. The fourth-order valence-corrected chi connectivity index (χ4v) is 2.99. The van der Waals surface area contributed by atoms with Gasteiger partial charge in [0.05, 0.1) is 11.9 Å². The van der Waals surface area contributed by atoms with E-state index in [1.54, 1.807) is 30.6 Å². The Hall–Kier alpha value is -3.61. The van der Waals surface area contributed by atoms with Crippen molar-refractivity contribution in [2.45, 2.75) is 6.54 Å². The fraction of sp³-hybridized carbons (Fsp3) is 0.143. The largest absolute Gasteiger partial charge is 0.363 e. The maximum atomic E-state index is 14.8. The summed E-state index contributed by atoms with van der Waals surface area (Å²) in [6.45, 7) is 0.0993. The summed E-state index contributed by atoms with van der Waals surface area (Å²) in [6.07, 6.45) is 4.68. The van der Waals surface area contributed by atoms with Crippen LogP contribution in [0.3, 0.4) is 0 Å². The Morgan fingerprint density at radius 3 is 2.61 bits per heavy atom. The van der Waals surface area contributed by atoms with Gasteiger partial charge in [0.1, 0.15) is 18.0 Å². The van der Waals surface area contributed by atoms with Crippen molar-refractivity contribution in [1.29, 1.82) is 0 Å². The second-order valence-corrected chi connectivity index (χ2v) is 6.66. The van der Waals surface area contributed by atoms with Gasteiger partial charge in [0, 0.05) is 32.1 Å². The third kappa shape index (κ3) is 3.34. The molecule has 140 valence electrons. The van der Waals surface area contributed by atoms with Gasteiger partial charge in [-0.25, -0.2) is 19.3 Å². The average molecular weight is 375 g/mol. The summed E-state index contributed by atoms with van der Waals surface area (Å²) >= 11 is 0. The van der Waals surface area contributed by atoms with E-state index in [1.165, 1.54) is 17.0 Å². The number of hydrogen-bond acceptors (Lipinski definition) is 5. The topological polar surface area (TPSA) is 63.9 Å². The molecule has 3 aromatic heterocycles. The lowest BCUT2D eigenvalue weighted by Crippen LogP contribution is -2.21. The molecule has 0 N–H and O–H groups in total. The molecule has 0 amide bonds. The zero-order chi connectivity index (χ0) is 19.7. The molecule has 0 spiro atoms. The molecule has 0 aliphatic carbocycles. The van der Waals surface area contributed by atoms with Crippen LogP contribution < -0.4 is 10.5 Å². The van der Waals surface area contributed by atoms with Gasteiger partial charge in [-0.15, -0.1) is 0 Å². The minimum atomic E-state index is -0.376. The first kappa shape index (κ1) is 17.8. The molecule has 1 aromatic carbocycles. The van der Waals surface area contributed by atoms with Crippen LogP contribution in [0.2, 0.25) is 0 Å². The molecule has 0 aliphatic rings. The molecule has 0 fully saturated rings. The first-order valence-corrected chi connectivity index (χ1v) is 8.75. The second-order valence-electron chi connectivity index (χ2n) is 6.66. The van der Waals surface area contributed by atoms with Gasteiger partial charge in [-0.1, -0.05) is 12.1 Å². The van der Waals surface area contributed by atoms with Crippen LogP contribution in [-0.2, 0) is 6.54 Å². The number of nitrogens with zero attached hydrogens (tertiary/aromatic N) is 5. The Balaban J connectivity index is 1.67. The van der Waals surface area contributed by atoms with Gasteiger partial charge in [0.25, 0.3) is 5.56 Å². The van der Waals surface area contributed by atoms with Crippen LogP contribution in [0.25, 0.3) is 22.2 Å². The Bertz CT molecular complexity index is 1220. The van der Waals surface area contributed by atoms with Crippen LogP contribution >= 0.6 is 0 Å². The molecule has 0 unspecified atom stereocenters. The van der Waals surface area contributed by atoms with Crippen molar-refractivity contribution >= 4 is 16.9 Å². The van der Waals surface area contributed by atoms with E-state index in [2.05, 4.69) is 15.0 Å². The molecular formula is C21H18FN5O. The molecule has 0 saturated heterocycles. The number of anilines is 1. The molecule has 4 aromatic rings. The minimum Gasteiger partial charge on any atom is -0.363 e. The predicted octanol–water partition coefficient (Wildman–Crippen LogP) is 3.11. The van der Waals surface area contributed by atoms with Gasteiger partial charge in [-0.2, -0.15) is 0 Å². The molecule has 0 bridgehead atoms. The van der Waals surface area contributed by atoms with Crippen LogP contribution in [0.5, 0.6) is 0 Å². The average Bonchev–Trinajstić information content (AvgIpc) is 2.71. The smallest absolute Gasteiger partial charge is 0.263 e. The van der Waals surface area contributed by atoms with Crippen molar-refractivity contribution < 1.29 is 4.39 Å². The highest BCUT2D eigenvalue weighted by atomic mass is 19.1. The van der Waals surface area contributed by atoms with Gasteiger partial charge < -0.3 is 4.90 Å². The molecule has 0 aliphatic heterocycles. The Morgan fingerprint density at radius 1 is 1.00 bits per heavy atom. The number of aromatic nitrogens is 4. The Labute approximate surface area is 160 Å². The third-order valence-electron chi connectivity index (χ3n) is 4.53. The van der Waals surface area contributed by atoms with Gasteiger partial charge in [-0.05, 0) is 41.5 Å². The summed E-state index contributed by atoms with van der Waals surface area (Å²) in [5.41, 5.74) is 2.18. The van der Waals surface area contributed by atoms with Gasteiger partial charge >= 0.3 is 0 Å². The van der Waals surface area contributed by atoms with Crippen LogP contribution in [0.15, 0.2) is 66.0 Å². The summed E-state index contributed by atoms with van der Waals surface area (Å²) in [4.78, 5) is 27.0. The third-order valence-corrected chi connectivity index (χ3v) is 4.53. The zero-order valence-electron chi connectivity index (χ0n) is 15.5. The van der Waals surface area contributed by atoms with Crippen LogP contribution in [0.1, 0.15) is 5.56 Å². The maximum Gasteiger partial charge on any atom is 0.263 e. The Kier molecular flexibility index (Phi) is 4.57. The Morgan fingerprint density at radius 2 is 1.82 bits per heavy atom. The first-order valence-electron chi connectivity index (χ1n) is 8.75. The lowest BCUT2D eigenvalue weighted by Gasteiger charge is -2.13. The maximum absolute atomic E-state index is 14.8. The number of rotatable bonds is 4. The highest BCUT2D eigenvalue weighted by molar-refractivity contribution is 5.72. The summed E-state index contributed by atoms with van der Waals surface area (Å²) in [7, 11) is 3.81. The zero-order valence-corrected chi connectivity index (χ0v) is 15.5. The van der Waals surface area contributed by atoms with Gasteiger partial charge in [0.2, 0.25) is 0 Å². The second kappa shape index (κ2) is 7.19. The summed E-state index contributed by atoms with van der Waals surface area (Å²) in [5, 5.41) is 0.412. The molecule has 7 heteroatoms. The molecule has 0 radical (unpaired) electrons. The van der Waals surface area contributed by atoms with E-state index in [-0.39, 0.29) is 17.9 Å². The van der Waals surface area contributed by atoms with E-state index in [0.717, 1.165) is 16.9 Å². The van der Waals surface area contributed by atoms with Crippen molar-refractivity contribution in [2.24, 2.45) is 0 Å². The fourth-order valence-electron chi connectivity index (χ4n) is 2.99. The highest BCUT2D eigenvalue weighted by Gasteiger charge is 2.10. The van der Waals surface area contributed by atoms with Crippen LogP contribution in [-0.4, -0.2) is 33.6 Å². The van der Waals surface area contributed by atoms with Crippen LogP contribution in [0.4, 0.5) is 10.2 Å². The van der Waals surface area contributed by atoms with E-state index in [4.69, 9.17) is 0 Å².